The highest BCUT2D eigenvalue weighted by Crippen LogP contribution is 2.22. The van der Waals surface area contributed by atoms with Crippen molar-refractivity contribution in [2.24, 2.45) is 0 Å². The Morgan fingerprint density at radius 3 is 2.62 bits per heavy atom. The topological polar surface area (TPSA) is 86.5 Å². The van der Waals surface area contributed by atoms with Gasteiger partial charge in [0.2, 0.25) is 0 Å². The Morgan fingerprint density at radius 2 is 2.12 bits per heavy atom. The summed E-state index contributed by atoms with van der Waals surface area (Å²) in [6, 6.07) is 3.25. The summed E-state index contributed by atoms with van der Waals surface area (Å²) in [5.41, 5.74) is 4.96. The number of anilines is 1. The monoisotopic (exact) mass is 247 g/mol. The second-order valence-corrected chi connectivity index (χ2v) is 4.23. The smallest absolute Gasteiger partial charge is 0.338 e. The molecular formula is C9H10FNO4S. The van der Waals surface area contributed by atoms with Crippen molar-refractivity contribution in [3.8, 4) is 0 Å². The first-order valence-corrected chi connectivity index (χ1v) is 5.76. The van der Waals surface area contributed by atoms with Crippen molar-refractivity contribution in [3.05, 3.63) is 23.8 Å². The predicted molar refractivity (Wildman–Crippen MR) is 55.1 cm³/mol. The molecule has 0 spiro atoms. The van der Waals surface area contributed by atoms with Gasteiger partial charge in [0, 0.05) is 0 Å². The minimum atomic E-state index is -4.94. The third-order valence-electron chi connectivity index (χ3n) is 1.79. The van der Waals surface area contributed by atoms with E-state index >= 15 is 0 Å². The van der Waals surface area contributed by atoms with E-state index in [-0.39, 0.29) is 17.9 Å². The van der Waals surface area contributed by atoms with E-state index in [1.807, 2.05) is 0 Å². The lowest BCUT2D eigenvalue weighted by Crippen LogP contribution is -2.07. The Labute approximate surface area is 92.2 Å². The van der Waals surface area contributed by atoms with E-state index in [2.05, 4.69) is 4.74 Å². The van der Waals surface area contributed by atoms with E-state index in [9.17, 15) is 17.1 Å². The summed E-state index contributed by atoms with van der Waals surface area (Å²) in [4.78, 5) is 10.5. The maximum atomic E-state index is 12.8. The largest absolute Gasteiger partial charge is 0.462 e. The Morgan fingerprint density at radius 1 is 1.50 bits per heavy atom. The number of hydrogen-bond acceptors (Lipinski definition) is 5. The van der Waals surface area contributed by atoms with Crippen molar-refractivity contribution < 1.29 is 21.8 Å². The van der Waals surface area contributed by atoms with Crippen LogP contribution < -0.4 is 5.73 Å². The number of ether oxygens (including phenoxy) is 1. The average Bonchev–Trinajstić information content (AvgIpc) is 2.16. The molecule has 0 amide bonds. The van der Waals surface area contributed by atoms with Crippen molar-refractivity contribution in [1.82, 2.24) is 0 Å². The molecule has 0 heterocycles. The second-order valence-electron chi connectivity index (χ2n) is 2.91. The standard InChI is InChI=1S/C9H10FNO4S/c1-2-15-9(12)6-3-4-7(11)8(5-6)16(10,13)14/h3-5H,2,11H2,1H3. The van der Waals surface area contributed by atoms with Gasteiger partial charge in [0.1, 0.15) is 4.90 Å². The van der Waals surface area contributed by atoms with Crippen molar-refractivity contribution in [1.29, 1.82) is 0 Å². The van der Waals surface area contributed by atoms with Gasteiger partial charge in [-0.1, -0.05) is 0 Å². The first kappa shape index (κ1) is 12.4. The van der Waals surface area contributed by atoms with Crippen LogP contribution in [0.25, 0.3) is 0 Å². The Hall–Kier alpha value is -1.63. The zero-order valence-corrected chi connectivity index (χ0v) is 9.25. The molecule has 0 aromatic heterocycles. The van der Waals surface area contributed by atoms with E-state index in [1.54, 1.807) is 6.92 Å². The van der Waals surface area contributed by atoms with Gasteiger partial charge < -0.3 is 10.5 Å². The molecule has 0 atom stereocenters. The summed E-state index contributed by atoms with van der Waals surface area (Å²) in [6.45, 7) is 1.74. The van der Waals surface area contributed by atoms with Crippen LogP contribution in [0.15, 0.2) is 23.1 Å². The van der Waals surface area contributed by atoms with Crippen LogP contribution in [0.3, 0.4) is 0 Å². The molecule has 1 aromatic rings. The summed E-state index contributed by atoms with van der Waals surface area (Å²) in [7, 11) is -4.94. The van der Waals surface area contributed by atoms with Gasteiger partial charge in [0.05, 0.1) is 17.9 Å². The zero-order chi connectivity index (χ0) is 12.3. The SMILES string of the molecule is CCOC(=O)c1ccc(N)c(S(=O)(=O)F)c1. The number of esters is 1. The highest BCUT2D eigenvalue weighted by molar-refractivity contribution is 7.86. The fourth-order valence-electron chi connectivity index (χ4n) is 1.09. The zero-order valence-electron chi connectivity index (χ0n) is 8.44. The Balaban J connectivity index is 3.23. The fourth-order valence-corrected chi connectivity index (χ4v) is 1.70. The molecule has 1 aromatic carbocycles. The van der Waals surface area contributed by atoms with Crippen LogP contribution in [0.4, 0.5) is 9.57 Å². The number of benzene rings is 1. The van der Waals surface area contributed by atoms with Gasteiger partial charge in [-0.05, 0) is 25.1 Å². The third kappa shape index (κ3) is 2.69. The fraction of sp³-hybridized carbons (Fsp3) is 0.222. The predicted octanol–water partition coefficient (Wildman–Crippen LogP) is 1.10. The van der Waals surface area contributed by atoms with E-state index in [4.69, 9.17) is 5.73 Å². The van der Waals surface area contributed by atoms with Gasteiger partial charge in [0.25, 0.3) is 0 Å². The number of rotatable bonds is 3. The molecular weight excluding hydrogens is 237 g/mol. The number of nitrogen functional groups attached to an aromatic ring is 1. The van der Waals surface area contributed by atoms with Gasteiger partial charge in [-0.25, -0.2) is 4.79 Å². The molecule has 0 fully saturated rings. The molecule has 0 aliphatic heterocycles. The quantitative estimate of drug-likeness (QED) is 0.491. The summed E-state index contributed by atoms with van der Waals surface area (Å²) >= 11 is 0. The summed E-state index contributed by atoms with van der Waals surface area (Å²) < 4.78 is 38.8. The van der Waals surface area contributed by atoms with Crippen LogP contribution in [-0.4, -0.2) is 21.0 Å². The molecule has 2 N–H and O–H groups in total. The van der Waals surface area contributed by atoms with Crippen molar-refractivity contribution in [2.45, 2.75) is 11.8 Å². The van der Waals surface area contributed by atoms with Crippen LogP contribution in [0, 0.1) is 0 Å². The molecule has 5 nitrogen and oxygen atoms in total. The highest BCUT2D eigenvalue weighted by Gasteiger charge is 2.18. The van der Waals surface area contributed by atoms with Gasteiger partial charge in [-0.3, -0.25) is 0 Å². The van der Waals surface area contributed by atoms with Gasteiger partial charge in [0.15, 0.2) is 0 Å². The number of halogens is 1. The lowest BCUT2D eigenvalue weighted by atomic mass is 10.2. The van der Waals surface area contributed by atoms with Gasteiger partial charge in [-0.2, -0.15) is 8.42 Å². The number of hydrogen-bond donors (Lipinski definition) is 1. The van der Waals surface area contributed by atoms with E-state index in [0.717, 1.165) is 12.1 Å². The Bertz CT molecular complexity index is 512. The number of carbonyl (C=O) groups is 1. The molecule has 1 rings (SSSR count). The molecule has 16 heavy (non-hydrogen) atoms. The minimum absolute atomic E-state index is 0.0627. The first-order valence-electron chi connectivity index (χ1n) is 4.37. The van der Waals surface area contributed by atoms with Crippen LogP contribution in [0.2, 0.25) is 0 Å². The molecule has 0 radical (unpaired) electrons. The molecule has 0 bridgehead atoms. The number of carbonyl (C=O) groups excluding carboxylic acids is 1. The van der Waals surface area contributed by atoms with E-state index in [0.29, 0.717) is 0 Å². The van der Waals surface area contributed by atoms with E-state index < -0.39 is 21.1 Å². The summed E-state index contributed by atoms with van der Waals surface area (Å²) in [5, 5.41) is 0. The Kier molecular flexibility index (Phi) is 3.48. The summed E-state index contributed by atoms with van der Waals surface area (Å²) in [5.74, 6) is -0.729. The van der Waals surface area contributed by atoms with Crippen molar-refractivity contribution >= 4 is 21.9 Å². The van der Waals surface area contributed by atoms with Gasteiger partial charge in [-0.15, -0.1) is 3.89 Å². The maximum Gasteiger partial charge on any atom is 0.338 e. The lowest BCUT2D eigenvalue weighted by molar-refractivity contribution is 0.0526. The molecule has 0 saturated heterocycles. The third-order valence-corrected chi connectivity index (χ3v) is 2.67. The lowest BCUT2D eigenvalue weighted by Gasteiger charge is -2.04. The normalized spacial score (nSPS) is 11.1. The molecule has 88 valence electrons. The summed E-state index contributed by atoms with van der Waals surface area (Å²) in [6.07, 6.45) is 0. The molecule has 0 saturated carbocycles. The molecule has 0 aliphatic rings. The second kappa shape index (κ2) is 4.48. The maximum absolute atomic E-state index is 12.8. The van der Waals surface area contributed by atoms with E-state index in [1.165, 1.54) is 6.07 Å². The highest BCUT2D eigenvalue weighted by atomic mass is 32.3. The first-order chi connectivity index (χ1) is 7.36. The van der Waals surface area contributed by atoms with Crippen LogP contribution in [-0.2, 0) is 15.0 Å². The molecule has 0 unspecified atom stereocenters. The van der Waals surface area contributed by atoms with Crippen molar-refractivity contribution in [2.75, 3.05) is 12.3 Å². The van der Waals surface area contributed by atoms with Gasteiger partial charge >= 0.3 is 16.2 Å². The number of nitrogens with two attached hydrogens (primary N) is 1. The van der Waals surface area contributed by atoms with Crippen molar-refractivity contribution in [3.63, 3.8) is 0 Å². The van der Waals surface area contributed by atoms with Crippen LogP contribution in [0.5, 0.6) is 0 Å². The molecule has 7 heteroatoms. The minimum Gasteiger partial charge on any atom is -0.462 e. The molecule has 0 aliphatic carbocycles. The average molecular weight is 247 g/mol. The van der Waals surface area contributed by atoms with Crippen LogP contribution >= 0.6 is 0 Å². The van der Waals surface area contributed by atoms with Crippen LogP contribution in [0.1, 0.15) is 17.3 Å².